The fourth-order valence-electron chi connectivity index (χ4n) is 2.07. The van der Waals surface area contributed by atoms with Gasteiger partial charge in [0.25, 0.3) is 11.6 Å². The minimum absolute atomic E-state index is 0.0241. The number of benzene rings is 2. The number of hydrogen-bond donors (Lipinski definition) is 2. The number of aromatic hydroxyl groups is 1. The zero-order valence-corrected chi connectivity index (χ0v) is 16.9. The lowest BCUT2D eigenvalue weighted by Gasteiger charge is -2.07. The van der Waals surface area contributed by atoms with Crippen molar-refractivity contribution in [3.8, 4) is 17.6 Å². The highest BCUT2D eigenvalue weighted by molar-refractivity contribution is 9.11. The predicted octanol–water partition coefficient (Wildman–Crippen LogP) is 4.38. The molecule has 2 N–H and O–H groups in total. The van der Waals surface area contributed by atoms with E-state index in [4.69, 9.17) is 4.74 Å². The van der Waals surface area contributed by atoms with Gasteiger partial charge in [-0.15, -0.1) is 0 Å². The Labute approximate surface area is 170 Å². The molecular formula is C17H11Br2N3O5. The van der Waals surface area contributed by atoms with Crippen LogP contribution in [0.4, 0.5) is 11.4 Å². The van der Waals surface area contributed by atoms with Crippen LogP contribution in [0.5, 0.6) is 11.5 Å². The first-order valence-corrected chi connectivity index (χ1v) is 8.79. The summed E-state index contributed by atoms with van der Waals surface area (Å²) >= 11 is 6.32. The van der Waals surface area contributed by atoms with Crippen molar-refractivity contribution in [3.63, 3.8) is 0 Å². The molecule has 0 aromatic heterocycles. The molecule has 0 bridgehead atoms. The van der Waals surface area contributed by atoms with Gasteiger partial charge >= 0.3 is 0 Å². The minimum Gasteiger partial charge on any atom is -0.506 e. The number of nitrogens with zero attached hydrogens (tertiary/aromatic N) is 2. The molecule has 0 atom stereocenters. The van der Waals surface area contributed by atoms with E-state index in [-0.39, 0.29) is 28.4 Å². The summed E-state index contributed by atoms with van der Waals surface area (Å²) in [6, 6.07) is 8.72. The van der Waals surface area contributed by atoms with E-state index in [2.05, 4.69) is 37.2 Å². The Hall–Kier alpha value is -2.90. The molecule has 27 heavy (non-hydrogen) atoms. The number of rotatable bonds is 5. The van der Waals surface area contributed by atoms with E-state index >= 15 is 0 Å². The second kappa shape index (κ2) is 8.66. The molecule has 0 fully saturated rings. The highest BCUT2D eigenvalue weighted by atomic mass is 79.9. The molecule has 0 saturated carbocycles. The average Bonchev–Trinajstić information content (AvgIpc) is 2.63. The van der Waals surface area contributed by atoms with Crippen LogP contribution >= 0.6 is 31.9 Å². The minimum atomic E-state index is -0.814. The molecule has 0 spiro atoms. The Kier molecular flexibility index (Phi) is 6.55. The third-order valence-corrected chi connectivity index (χ3v) is 4.57. The van der Waals surface area contributed by atoms with E-state index in [0.29, 0.717) is 14.5 Å². The smallest absolute Gasteiger partial charge is 0.296 e. The Bertz CT molecular complexity index is 976. The number of nitrogens with one attached hydrogen (secondary N) is 1. The van der Waals surface area contributed by atoms with Crippen molar-refractivity contribution >= 4 is 55.2 Å². The van der Waals surface area contributed by atoms with Gasteiger partial charge < -0.3 is 15.2 Å². The third kappa shape index (κ3) is 4.84. The maximum atomic E-state index is 12.4. The fourth-order valence-corrected chi connectivity index (χ4v) is 3.29. The standard InChI is InChI=1S/C17H11Br2N3O5/c1-27-11-2-3-14(15(7-11)22(25)26)21-17(24)10(8-20)4-9-5-12(18)16(23)13(19)6-9/h2-7,23H,1H3,(H,21,24). The Balaban J connectivity index is 2.36. The summed E-state index contributed by atoms with van der Waals surface area (Å²) in [5.41, 5.74) is -0.248. The van der Waals surface area contributed by atoms with Gasteiger partial charge in [-0.1, -0.05) is 0 Å². The summed E-state index contributed by atoms with van der Waals surface area (Å²) in [6.45, 7) is 0. The van der Waals surface area contributed by atoms with Crippen LogP contribution in [0.3, 0.4) is 0 Å². The number of methoxy groups -OCH3 is 1. The second-order valence-corrected chi connectivity index (χ2v) is 6.81. The molecule has 0 radical (unpaired) electrons. The van der Waals surface area contributed by atoms with Crippen LogP contribution in [-0.4, -0.2) is 23.0 Å². The van der Waals surface area contributed by atoms with Gasteiger partial charge in [0.1, 0.15) is 28.8 Å². The maximum Gasteiger partial charge on any atom is 0.296 e. The zero-order chi connectivity index (χ0) is 20.1. The van der Waals surface area contributed by atoms with Gasteiger partial charge in [-0.3, -0.25) is 14.9 Å². The number of nitro groups is 1. The van der Waals surface area contributed by atoms with E-state index in [0.717, 1.165) is 0 Å². The predicted molar refractivity (Wildman–Crippen MR) is 105 cm³/mol. The van der Waals surface area contributed by atoms with Crippen LogP contribution in [0.25, 0.3) is 6.08 Å². The van der Waals surface area contributed by atoms with Gasteiger partial charge in [0.15, 0.2) is 0 Å². The number of nitriles is 1. The molecule has 0 unspecified atom stereocenters. The van der Waals surface area contributed by atoms with Gasteiger partial charge in [0, 0.05) is 0 Å². The largest absolute Gasteiger partial charge is 0.506 e. The number of phenolic OH excluding ortho intramolecular Hbond substituents is 1. The normalized spacial score (nSPS) is 10.8. The molecule has 138 valence electrons. The average molecular weight is 497 g/mol. The Morgan fingerprint density at radius 2 is 1.96 bits per heavy atom. The molecule has 2 rings (SSSR count). The third-order valence-electron chi connectivity index (χ3n) is 3.37. The SMILES string of the molecule is COc1ccc(NC(=O)C(C#N)=Cc2cc(Br)c(O)c(Br)c2)c([N+](=O)[O-])c1. The highest BCUT2D eigenvalue weighted by Crippen LogP contribution is 2.34. The molecule has 8 nitrogen and oxygen atoms in total. The van der Waals surface area contributed by atoms with Crippen molar-refractivity contribution in [2.75, 3.05) is 12.4 Å². The van der Waals surface area contributed by atoms with Crippen molar-refractivity contribution in [2.24, 2.45) is 0 Å². The van der Waals surface area contributed by atoms with Crippen molar-refractivity contribution in [1.29, 1.82) is 5.26 Å². The summed E-state index contributed by atoms with van der Waals surface area (Å²) in [5, 5.41) is 32.6. The van der Waals surface area contributed by atoms with Crippen LogP contribution < -0.4 is 10.1 Å². The molecule has 0 saturated heterocycles. The van der Waals surface area contributed by atoms with E-state index in [1.165, 1.54) is 43.5 Å². The number of hydrogen-bond acceptors (Lipinski definition) is 6. The quantitative estimate of drug-likeness (QED) is 0.274. The molecule has 0 aliphatic carbocycles. The summed E-state index contributed by atoms with van der Waals surface area (Å²) < 4.78 is 5.67. The van der Waals surface area contributed by atoms with E-state index in [1.807, 2.05) is 0 Å². The van der Waals surface area contributed by atoms with Gasteiger partial charge in [-0.05, 0) is 67.8 Å². The topological polar surface area (TPSA) is 125 Å². The number of halogens is 2. The lowest BCUT2D eigenvalue weighted by Crippen LogP contribution is -2.14. The van der Waals surface area contributed by atoms with Gasteiger partial charge in [0.2, 0.25) is 0 Å². The number of ether oxygens (including phenoxy) is 1. The van der Waals surface area contributed by atoms with Crippen molar-refractivity contribution in [2.45, 2.75) is 0 Å². The number of nitro benzene ring substituents is 1. The summed E-state index contributed by atoms with van der Waals surface area (Å²) in [7, 11) is 1.36. The molecule has 0 aliphatic heterocycles. The number of carbonyl (C=O) groups is 1. The summed E-state index contributed by atoms with van der Waals surface area (Å²) in [4.78, 5) is 22.9. The number of phenols is 1. The van der Waals surface area contributed by atoms with Crippen LogP contribution in [0.2, 0.25) is 0 Å². The van der Waals surface area contributed by atoms with Crippen molar-refractivity contribution in [1.82, 2.24) is 0 Å². The number of anilines is 1. The van der Waals surface area contributed by atoms with Crippen molar-refractivity contribution < 1.29 is 19.6 Å². The van der Waals surface area contributed by atoms with E-state index in [1.54, 1.807) is 6.07 Å². The van der Waals surface area contributed by atoms with Gasteiger partial charge in [-0.25, -0.2) is 0 Å². The molecule has 2 aromatic carbocycles. The number of carbonyl (C=O) groups excluding carboxylic acids is 1. The maximum absolute atomic E-state index is 12.4. The van der Waals surface area contributed by atoms with Crippen LogP contribution in [0, 0.1) is 21.4 Å². The molecule has 0 heterocycles. The first-order chi connectivity index (χ1) is 12.8. The zero-order valence-electron chi connectivity index (χ0n) is 13.7. The molecule has 0 aliphatic rings. The first kappa shape index (κ1) is 20.4. The molecule has 10 heteroatoms. The first-order valence-electron chi connectivity index (χ1n) is 7.20. The van der Waals surface area contributed by atoms with E-state index in [9.17, 15) is 25.3 Å². The highest BCUT2D eigenvalue weighted by Gasteiger charge is 2.19. The summed E-state index contributed by atoms with van der Waals surface area (Å²) in [5.74, 6) is -0.579. The van der Waals surface area contributed by atoms with Gasteiger partial charge in [0.05, 0.1) is 27.0 Å². The molecule has 2 aromatic rings. The van der Waals surface area contributed by atoms with E-state index < -0.39 is 10.8 Å². The Morgan fingerprint density at radius 3 is 2.48 bits per heavy atom. The van der Waals surface area contributed by atoms with Gasteiger partial charge in [-0.2, -0.15) is 5.26 Å². The summed E-state index contributed by atoms with van der Waals surface area (Å²) in [6.07, 6.45) is 1.29. The van der Waals surface area contributed by atoms with Crippen molar-refractivity contribution in [3.05, 3.63) is 60.5 Å². The fraction of sp³-hybridized carbons (Fsp3) is 0.0588. The monoisotopic (exact) mass is 495 g/mol. The lowest BCUT2D eigenvalue weighted by molar-refractivity contribution is -0.384. The van der Waals surface area contributed by atoms with Crippen LogP contribution in [0.15, 0.2) is 44.9 Å². The number of amides is 1. The van der Waals surface area contributed by atoms with Crippen LogP contribution in [-0.2, 0) is 4.79 Å². The molecular weight excluding hydrogens is 486 g/mol. The van der Waals surface area contributed by atoms with Crippen LogP contribution in [0.1, 0.15) is 5.56 Å². The Morgan fingerprint density at radius 1 is 1.33 bits per heavy atom. The lowest BCUT2D eigenvalue weighted by atomic mass is 10.1. The molecule has 1 amide bonds. The second-order valence-electron chi connectivity index (χ2n) is 5.10.